The lowest BCUT2D eigenvalue weighted by Crippen LogP contribution is -2.14. The van der Waals surface area contributed by atoms with Crippen LogP contribution in [-0.4, -0.2) is 22.1 Å². The van der Waals surface area contributed by atoms with Gasteiger partial charge in [-0.05, 0) is 19.4 Å². The third-order valence-electron chi connectivity index (χ3n) is 2.45. The molecule has 0 fully saturated rings. The smallest absolute Gasteiger partial charge is 0.346 e. The third-order valence-corrected chi connectivity index (χ3v) is 3.02. The topological polar surface area (TPSA) is 89.7 Å². The molecule has 6 nitrogen and oxygen atoms in total. The maximum absolute atomic E-state index is 11.2. The summed E-state index contributed by atoms with van der Waals surface area (Å²) in [5.74, 6) is -1.76. The van der Waals surface area contributed by atoms with E-state index in [1.165, 1.54) is 0 Å². The Morgan fingerprint density at radius 2 is 2.11 bits per heavy atom. The highest BCUT2D eigenvalue weighted by Gasteiger charge is 2.31. The molecule has 1 rings (SSSR count). The Bertz CT molecular complexity index is 532. The van der Waals surface area contributed by atoms with Crippen molar-refractivity contribution in [3.05, 3.63) is 31.8 Å². The molecular formula is C11H11Cl2NO5. The van der Waals surface area contributed by atoms with E-state index in [0.29, 0.717) is 6.42 Å². The molecule has 104 valence electrons. The van der Waals surface area contributed by atoms with E-state index in [4.69, 9.17) is 33.0 Å². The number of ether oxygens (including phenoxy) is 1. The highest BCUT2D eigenvalue weighted by molar-refractivity contribution is 6.38. The summed E-state index contributed by atoms with van der Waals surface area (Å²) in [4.78, 5) is 21.3. The first-order valence-corrected chi connectivity index (χ1v) is 6.11. The SMILES string of the molecule is CCC(C)Oc1c(Cl)cc(Cl)c([N+](=O)[O-])c1C(=O)O. The fourth-order valence-corrected chi connectivity index (χ4v) is 1.94. The molecule has 0 saturated carbocycles. The lowest BCUT2D eigenvalue weighted by atomic mass is 10.1. The Labute approximate surface area is 119 Å². The van der Waals surface area contributed by atoms with E-state index in [-0.39, 0.29) is 21.9 Å². The van der Waals surface area contributed by atoms with Crippen molar-refractivity contribution in [2.24, 2.45) is 0 Å². The van der Waals surface area contributed by atoms with Crippen molar-refractivity contribution in [3.8, 4) is 5.75 Å². The maximum Gasteiger partial charge on any atom is 0.346 e. The van der Waals surface area contributed by atoms with Gasteiger partial charge in [0.05, 0.1) is 16.0 Å². The summed E-state index contributed by atoms with van der Waals surface area (Å²) in [6.07, 6.45) is 0.252. The van der Waals surface area contributed by atoms with Crippen molar-refractivity contribution >= 4 is 34.9 Å². The molecule has 0 heterocycles. The molecule has 0 spiro atoms. The number of hydrogen-bond acceptors (Lipinski definition) is 4. The molecular weight excluding hydrogens is 297 g/mol. The second-order valence-electron chi connectivity index (χ2n) is 3.79. The fourth-order valence-electron chi connectivity index (χ4n) is 1.37. The van der Waals surface area contributed by atoms with Crippen LogP contribution in [0, 0.1) is 10.1 Å². The van der Waals surface area contributed by atoms with E-state index in [9.17, 15) is 14.9 Å². The van der Waals surface area contributed by atoms with Crippen LogP contribution in [0.1, 0.15) is 30.6 Å². The van der Waals surface area contributed by atoms with Crippen LogP contribution >= 0.6 is 23.2 Å². The van der Waals surface area contributed by atoms with Crippen LogP contribution in [0.2, 0.25) is 10.0 Å². The molecule has 1 aromatic rings. The summed E-state index contributed by atoms with van der Waals surface area (Å²) in [5, 5.41) is 19.6. The van der Waals surface area contributed by atoms with Crippen LogP contribution in [0.15, 0.2) is 6.07 Å². The Morgan fingerprint density at radius 1 is 1.53 bits per heavy atom. The molecule has 0 aliphatic carbocycles. The van der Waals surface area contributed by atoms with E-state index in [1.807, 2.05) is 6.92 Å². The summed E-state index contributed by atoms with van der Waals surface area (Å²) in [7, 11) is 0. The molecule has 0 bridgehead atoms. The minimum absolute atomic E-state index is 0.0756. The van der Waals surface area contributed by atoms with Gasteiger partial charge < -0.3 is 9.84 Å². The lowest BCUT2D eigenvalue weighted by Gasteiger charge is -2.16. The van der Waals surface area contributed by atoms with Crippen molar-refractivity contribution in [1.29, 1.82) is 0 Å². The van der Waals surface area contributed by atoms with Gasteiger partial charge in [0.25, 0.3) is 0 Å². The lowest BCUT2D eigenvalue weighted by molar-refractivity contribution is -0.385. The first-order valence-electron chi connectivity index (χ1n) is 5.35. The number of aromatic carboxylic acids is 1. The molecule has 0 radical (unpaired) electrons. The second kappa shape index (κ2) is 6.08. The number of hydrogen-bond donors (Lipinski definition) is 1. The summed E-state index contributed by atoms with van der Waals surface area (Å²) >= 11 is 11.5. The molecule has 1 N–H and O–H groups in total. The molecule has 0 aromatic heterocycles. The van der Waals surface area contributed by atoms with Gasteiger partial charge in [0.2, 0.25) is 0 Å². The van der Waals surface area contributed by atoms with Gasteiger partial charge in [-0.1, -0.05) is 30.1 Å². The minimum atomic E-state index is -1.52. The van der Waals surface area contributed by atoms with Crippen molar-refractivity contribution in [3.63, 3.8) is 0 Å². The number of carboxylic acids is 1. The Kier molecular flexibility index (Phi) is 4.97. The number of benzene rings is 1. The third kappa shape index (κ3) is 3.27. The largest absolute Gasteiger partial charge is 0.488 e. The maximum atomic E-state index is 11.2. The van der Waals surface area contributed by atoms with E-state index in [1.54, 1.807) is 6.92 Å². The number of rotatable bonds is 5. The molecule has 0 amide bonds. The van der Waals surface area contributed by atoms with Gasteiger partial charge in [-0.25, -0.2) is 4.79 Å². The highest BCUT2D eigenvalue weighted by Crippen LogP contribution is 2.41. The van der Waals surface area contributed by atoms with Crippen LogP contribution < -0.4 is 4.74 Å². The zero-order valence-electron chi connectivity index (χ0n) is 10.1. The standard InChI is InChI=1S/C11H11Cl2NO5/c1-3-5(2)19-10-7(13)4-6(12)9(14(17)18)8(10)11(15)16/h4-5H,3H2,1-2H3,(H,15,16). The average Bonchev–Trinajstić information content (AvgIpc) is 2.30. The highest BCUT2D eigenvalue weighted by atomic mass is 35.5. The van der Waals surface area contributed by atoms with Crippen molar-refractivity contribution in [1.82, 2.24) is 0 Å². The number of nitrogens with zero attached hydrogens (tertiary/aromatic N) is 1. The van der Waals surface area contributed by atoms with Crippen molar-refractivity contribution in [2.75, 3.05) is 0 Å². The molecule has 1 aromatic carbocycles. The quantitative estimate of drug-likeness (QED) is 0.660. The first-order chi connectivity index (χ1) is 8.79. The van der Waals surface area contributed by atoms with E-state index in [2.05, 4.69) is 0 Å². The summed E-state index contributed by atoms with van der Waals surface area (Å²) in [5.41, 5.74) is -1.36. The van der Waals surface area contributed by atoms with Crippen LogP contribution in [0.4, 0.5) is 5.69 Å². The summed E-state index contributed by atoms with van der Waals surface area (Å²) < 4.78 is 5.36. The predicted molar refractivity (Wildman–Crippen MR) is 70.5 cm³/mol. The zero-order valence-corrected chi connectivity index (χ0v) is 11.7. The zero-order chi connectivity index (χ0) is 14.7. The van der Waals surface area contributed by atoms with Gasteiger partial charge in [0.15, 0.2) is 11.3 Å². The molecule has 0 aliphatic heterocycles. The van der Waals surface area contributed by atoms with Gasteiger partial charge in [-0.15, -0.1) is 0 Å². The van der Waals surface area contributed by atoms with E-state index < -0.39 is 22.1 Å². The molecule has 0 saturated heterocycles. The number of nitro groups is 1. The van der Waals surface area contributed by atoms with Crippen LogP contribution in [0.25, 0.3) is 0 Å². The van der Waals surface area contributed by atoms with E-state index in [0.717, 1.165) is 6.07 Å². The molecule has 1 atom stereocenters. The van der Waals surface area contributed by atoms with Gasteiger partial charge in [0.1, 0.15) is 5.02 Å². The summed E-state index contributed by atoms with van der Waals surface area (Å²) in [6, 6.07) is 1.10. The Morgan fingerprint density at radius 3 is 2.53 bits per heavy atom. The minimum Gasteiger partial charge on any atom is -0.488 e. The van der Waals surface area contributed by atoms with Crippen molar-refractivity contribution in [2.45, 2.75) is 26.4 Å². The monoisotopic (exact) mass is 307 g/mol. The number of halogens is 2. The predicted octanol–water partition coefficient (Wildman–Crippen LogP) is 3.78. The van der Waals surface area contributed by atoms with Gasteiger partial charge in [-0.3, -0.25) is 10.1 Å². The van der Waals surface area contributed by atoms with Gasteiger partial charge in [-0.2, -0.15) is 0 Å². The Hall–Kier alpha value is -1.53. The molecule has 8 heteroatoms. The second-order valence-corrected chi connectivity index (χ2v) is 4.61. The van der Waals surface area contributed by atoms with E-state index >= 15 is 0 Å². The van der Waals surface area contributed by atoms with Crippen LogP contribution in [-0.2, 0) is 0 Å². The fraction of sp³-hybridized carbons (Fsp3) is 0.364. The molecule has 1 unspecified atom stereocenters. The van der Waals surface area contributed by atoms with Gasteiger partial charge >= 0.3 is 11.7 Å². The Balaban J connectivity index is 3.56. The average molecular weight is 308 g/mol. The normalized spacial score (nSPS) is 12.0. The number of carbonyl (C=O) groups is 1. The van der Waals surface area contributed by atoms with Crippen LogP contribution in [0.3, 0.4) is 0 Å². The summed E-state index contributed by atoms with van der Waals surface area (Å²) in [6.45, 7) is 3.52. The van der Waals surface area contributed by atoms with Crippen molar-refractivity contribution < 1.29 is 19.6 Å². The number of nitro benzene ring substituents is 1. The first kappa shape index (κ1) is 15.5. The number of carboxylic acid groups (broad SMARTS) is 1. The van der Waals surface area contributed by atoms with Crippen LogP contribution in [0.5, 0.6) is 5.75 Å². The molecule has 0 aliphatic rings. The molecule has 19 heavy (non-hydrogen) atoms. The van der Waals surface area contributed by atoms with Gasteiger partial charge in [0, 0.05) is 0 Å².